The molecule has 1 aliphatic carbocycles. The van der Waals surface area contributed by atoms with Crippen LogP contribution in [-0.4, -0.2) is 75.3 Å². The van der Waals surface area contributed by atoms with Gasteiger partial charge in [-0.3, -0.25) is 4.90 Å². The number of aliphatic hydroxyl groups excluding tert-OH is 1. The van der Waals surface area contributed by atoms with Gasteiger partial charge >= 0.3 is 0 Å². The molecule has 0 radical (unpaired) electrons. The minimum Gasteiger partial charge on any atom is -0.394 e. The van der Waals surface area contributed by atoms with Crippen LogP contribution in [0.4, 0.5) is 0 Å². The highest BCUT2D eigenvalue weighted by molar-refractivity contribution is 4.99. The summed E-state index contributed by atoms with van der Waals surface area (Å²) in [5.74, 6) is 0. The van der Waals surface area contributed by atoms with Crippen LogP contribution < -0.4 is 5.32 Å². The molecule has 19 heavy (non-hydrogen) atoms. The predicted molar refractivity (Wildman–Crippen MR) is 76.5 cm³/mol. The normalized spacial score (nSPS) is 27.3. The van der Waals surface area contributed by atoms with Gasteiger partial charge in [0.25, 0.3) is 0 Å². The van der Waals surface area contributed by atoms with Crippen molar-refractivity contribution in [2.45, 2.75) is 37.8 Å². The summed E-state index contributed by atoms with van der Waals surface area (Å²) in [4.78, 5) is 2.43. The van der Waals surface area contributed by atoms with Crippen LogP contribution in [0.5, 0.6) is 0 Å². The Morgan fingerprint density at radius 1 is 1.26 bits per heavy atom. The number of ether oxygens (including phenoxy) is 2. The van der Waals surface area contributed by atoms with E-state index in [-0.39, 0.29) is 12.1 Å². The number of nitrogens with one attached hydrogen (secondary N) is 1. The summed E-state index contributed by atoms with van der Waals surface area (Å²) in [6.07, 6.45) is 3.17. The summed E-state index contributed by atoms with van der Waals surface area (Å²) < 4.78 is 10.4. The fraction of sp³-hybridized carbons (Fsp3) is 1.00. The van der Waals surface area contributed by atoms with Crippen molar-refractivity contribution in [3.05, 3.63) is 0 Å². The van der Waals surface area contributed by atoms with Crippen molar-refractivity contribution in [3.63, 3.8) is 0 Å². The Hall–Kier alpha value is -0.200. The molecule has 0 aromatic carbocycles. The van der Waals surface area contributed by atoms with Gasteiger partial charge in [-0.15, -0.1) is 0 Å². The molecule has 1 rings (SSSR count). The number of rotatable bonds is 10. The highest BCUT2D eigenvalue weighted by Crippen LogP contribution is 2.32. The van der Waals surface area contributed by atoms with E-state index in [4.69, 9.17) is 9.47 Å². The van der Waals surface area contributed by atoms with E-state index >= 15 is 0 Å². The molecule has 2 atom stereocenters. The van der Waals surface area contributed by atoms with Crippen LogP contribution in [0.3, 0.4) is 0 Å². The quantitative estimate of drug-likeness (QED) is 0.607. The molecule has 2 unspecified atom stereocenters. The van der Waals surface area contributed by atoms with Gasteiger partial charge in [-0.1, -0.05) is 6.92 Å². The summed E-state index contributed by atoms with van der Waals surface area (Å²) in [5, 5.41) is 13.1. The fourth-order valence-corrected chi connectivity index (χ4v) is 3.04. The Morgan fingerprint density at radius 2 is 1.89 bits per heavy atom. The maximum absolute atomic E-state index is 9.67. The molecule has 0 spiro atoms. The number of aliphatic hydroxyl groups is 1. The van der Waals surface area contributed by atoms with E-state index in [2.05, 4.69) is 17.1 Å². The van der Waals surface area contributed by atoms with Gasteiger partial charge in [0, 0.05) is 38.9 Å². The predicted octanol–water partition coefficient (Wildman–Crippen LogP) is 0.474. The highest BCUT2D eigenvalue weighted by Gasteiger charge is 2.39. The first-order chi connectivity index (χ1) is 9.21. The number of hydrogen-bond donors (Lipinski definition) is 2. The molecule has 114 valence electrons. The molecule has 5 nitrogen and oxygen atoms in total. The van der Waals surface area contributed by atoms with Gasteiger partial charge in [-0.05, 0) is 25.8 Å². The van der Waals surface area contributed by atoms with Crippen molar-refractivity contribution in [1.29, 1.82) is 0 Å². The topological polar surface area (TPSA) is 54.0 Å². The largest absolute Gasteiger partial charge is 0.394 e. The molecule has 0 aliphatic heterocycles. The summed E-state index contributed by atoms with van der Waals surface area (Å²) in [7, 11) is 3.47. The highest BCUT2D eigenvalue weighted by atomic mass is 16.5. The van der Waals surface area contributed by atoms with Crippen LogP contribution in [-0.2, 0) is 9.47 Å². The second-order valence-electron chi connectivity index (χ2n) is 5.39. The first kappa shape index (κ1) is 16.9. The molecule has 0 aromatic rings. The zero-order valence-corrected chi connectivity index (χ0v) is 12.7. The SMILES string of the molecule is CCNC1(CO)CCC(N(CCOC)CCOC)C1. The third-order valence-corrected chi connectivity index (χ3v) is 4.12. The molecule has 5 heteroatoms. The van der Waals surface area contributed by atoms with Crippen LogP contribution in [0.25, 0.3) is 0 Å². The first-order valence-corrected chi connectivity index (χ1v) is 7.29. The smallest absolute Gasteiger partial charge is 0.0613 e. The lowest BCUT2D eigenvalue weighted by Crippen LogP contribution is -2.48. The summed E-state index contributed by atoms with van der Waals surface area (Å²) in [6, 6.07) is 0.511. The van der Waals surface area contributed by atoms with Crippen molar-refractivity contribution in [2.24, 2.45) is 0 Å². The van der Waals surface area contributed by atoms with Crippen LogP contribution >= 0.6 is 0 Å². The number of hydrogen-bond acceptors (Lipinski definition) is 5. The third-order valence-electron chi connectivity index (χ3n) is 4.12. The van der Waals surface area contributed by atoms with Crippen LogP contribution in [0.1, 0.15) is 26.2 Å². The molecule has 0 aromatic heterocycles. The molecule has 1 aliphatic rings. The van der Waals surface area contributed by atoms with E-state index in [9.17, 15) is 5.11 Å². The van der Waals surface area contributed by atoms with Gasteiger partial charge in [0.1, 0.15) is 0 Å². The molecule has 0 saturated heterocycles. The Kier molecular flexibility index (Phi) is 7.87. The Labute approximate surface area is 117 Å². The zero-order chi connectivity index (χ0) is 14.1. The van der Waals surface area contributed by atoms with Crippen molar-refractivity contribution in [3.8, 4) is 0 Å². The maximum atomic E-state index is 9.67. The van der Waals surface area contributed by atoms with Crippen molar-refractivity contribution in [2.75, 3.05) is 53.7 Å². The third kappa shape index (κ3) is 5.00. The van der Waals surface area contributed by atoms with Crippen molar-refractivity contribution in [1.82, 2.24) is 10.2 Å². The fourth-order valence-electron chi connectivity index (χ4n) is 3.04. The lowest BCUT2D eigenvalue weighted by atomic mass is 9.98. The Morgan fingerprint density at radius 3 is 2.37 bits per heavy atom. The average molecular weight is 274 g/mol. The van der Waals surface area contributed by atoms with Crippen molar-refractivity contribution >= 4 is 0 Å². The summed E-state index contributed by atoms with van der Waals surface area (Å²) >= 11 is 0. The monoisotopic (exact) mass is 274 g/mol. The standard InChI is InChI=1S/C14H30N2O3/c1-4-15-14(12-17)6-5-13(11-14)16(7-9-18-2)8-10-19-3/h13,15,17H,4-12H2,1-3H3. The van der Waals surface area contributed by atoms with Gasteiger partial charge in [0.2, 0.25) is 0 Å². The van der Waals surface area contributed by atoms with E-state index < -0.39 is 0 Å². The van der Waals surface area contributed by atoms with Crippen LogP contribution in [0, 0.1) is 0 Å². The van der Waals surface area contributed by atoms with E-state index in [0.29, 0.717) is 6.04 Å². The van der Waals surface area contributed by atoms with E-state index in [0.717, 1.165) is 52.1 Å². The average Bonchev–Trinajstić information content (AvgIpc) is 2.84. The van der Waals surface area contributed by atoms with E-state index in [1.54, 1.807) is 14.2 Å². The molecule has 1 fully saturated rings. The van der Waals surface area contributed by atoms with E-state index in [1.807, 2.05) is 0 Å². The van der Waals surface area contributed by atoms with Crippen LogP contribution in [0.2, 0.25) is 0 Å². The maximum Gasteiger partial charge on any atom is 0.0613 e. The summed E-state index contributed by atoms with van der Waals surface area (Å²) in [6.45, 7) is 6.57. The number of methoxy groups -OCH3 is 2. The molecule has 0 heterocycles. The minimum atomic E-state index is -0.0855. The van der Waals surface area contributed by atoms with Crippen LogP contribution in [0.15, 0.2) is 0 Å². The summed E-state index contributed by atoms with van der Waals surface area (Å²) in [5.41, 5.74) is -0.0855. The van der Waals surface area contributed by atoms with E-state index in [1.165, 1.54) is 0 Å². The van der Waals surface area contributed by atoms with Gasteiger partial charge in [-0.2, -0.15) is 0 Å². The first-order valence-electron chi connectivity index (χ1n) is 7.29. The molecule has 0 bridgehead atoms. The minimum absolute atomic E-state index is 0.0855. The molecule has 1 saturated carbocycles. The lowest BCUT2D eigenvalue weighted by Gasteiger charge is -2.32. The number of nitrogens with zero attached hydrogens (tertiary/aromatic N) is 1. The van der Waals surface area contributed by atoms with Gasteiger partial charge < -0.3 is 19.9 Å². The van der Waals surface area contributed by atoms with Crippen molar-refractivity contribution < 1.29 is 14.6 Å². The number of likely N-dealkylation sites (N-methyl/N-ethyl adjacent to an activating group) is 1. The molecular formula is C14H30N2O3. The Balaban J connectivity index is 2.54. The second kappa shape index (κ2) is 8.87. The second-order valence-corrected chi connectivity index (χ2v) is 5.39. The molecular weight excluding hydrogens is 244 g/mol. The van der Waals surface area contributed by atoms with Gasteiger partial charge in [0.15, 0.2) is 0 Å². The van der Waals surface area contributed by atoms with Gasteiger partial charge in [-0.25, -0.2) is 0 Å². The lowest BCUT2D eigenvalue weighted by molar-refractivity contribution is 0.0819. The zero-order valence-electron chi connectivity index (χ0n) is 12.7. The molecule has 0 amide bonds. The molecule has 2 N–H and O–H groups in total. The van der Waals surface area contributed by atoms with Gasteiger partial charge in [0.05, 0.1) is 19.8 Å². The Bertz CT molecular complexity index is 233.